The fourth-order valence-electron chi connectivity index (χ4n) is 2.18. The van der Waals surface area contributed by atoms with Gasteiger partial charge in [-0.1, -0.05) is 0 Å². The minimum absolute atomic E-state index is 0.0826. The highest BCUT2D eigenvalue weighted by Crippen LogP contribution is 2.18. The lowest BCUT2D eigenvalue weighted by molar-refractivity contribution is 0.0949. The summed E-state index contributed by atoms with van der Waals surface area (Å²) < 4.78 is 6.94. The summed E-state index contributed by atoms with van der Waals surface area (Å²) in [4.78, 5) is 24.6. The van der Waals surface area contributed by atoms with Crippen LogP contribution in [0.4, 0.5) is 5.82 Å². The fraction of sp³-hybridized carbons (Fsp3) is 0.267. The van der Waals surface area contributed by atoms with Gasteiger partial charge in [0, 0.05) is 12.2 Å². The van der Waals surface area contributed by atoms with Crippen molar-refractivity contribution in [2.24, 2.45) is 0 Å². The Bertz CT molecular complexity index is 839. The van der Waals surface area contributed by atoms with Crippen molar-refractivity contribution in [3.8, 4) is 11.6 Å². The van der Waals surface area contributed by atoms with Crippen LogP contribution in [0, 0.1) is 0 Å². The van der Waals surface area contributed by atoms with E-state index in [1.54, 1.807) is 16.8 Å². The van der Waals surface area contributed by atoms with Crippen molar-refractivity contribution in [2.45, 2.75) is 26.4 Å². The molecule has 24 heavy (non-hydrogen) atoms. The van der Waals surface area contributed by atoms with Crippen molar-refractivity contribution >= 4 is 11.7 Å². The Labute approximate surface area is 137 Å². The first-order valence-electron chi connectivity index (χ1n) is 7.39. The van der Waals surface area contributed by atoms with E-state index in [1.165, 1.54) is 18.8 Å². The van der Waals surface area contributed by atoms with E-state index >= 15 is 0 Å². The number of nitrogen functional groups attached to an aromatic ring is 1. The van der Waals surface area contributed by atoms with Gasteiger partial charge in [-0.2, -0.15) is 5.10 Å². The molecule has 0 fully saturated rings. The number of nitrogens with zero attached hydrogens (tertiary/aromatic N) is 5. The quantitative estimate of drug-likeness (QED) is 0.726. The van der Waals surface area contributed by atoms with E-state index in [4.69, 9.17) is 10.2 Å². The first-order valence-corrected chi connectivity index (χ1v) is 7.39. The smallest absolute Gasteiger partial charge is 0.256 e. The van der Waals surface area contributed by atoms with Crippen LogP contribution in [0.15, 0.2) is 35.3 Å². The molecule has 3 aromatic rings. The van der Waals surface area contributed by atoms with Gasteiger partial charge in [-0.3, -0.25) is 4.79 Å². The summed E-state index contributed by atoms with van der Waals surface area (Å²) in [6.45, 7) is 4.20. The third-order valence-electron chi connectivity index (χ3n) is 3.35. The van der Waals surface area contributed by atoms with E-state index in [2.05, 4.69) is 25.4 Å². The monoisotopic (exact) mass is 327 g/mol. The molecule has 3 rings (SSSR count). The van der Waals surface area contributed by atoms with Crippen LogP contribution in [-0.2, 0) is 6.54 Å². The van der Waals surface area contributed by atoms with Gasteiger partial charge in [0.15, 0.2) is 11.6 Å². The summed E-state index contributed by atoms with van der Waals surface area (Å²) in [5.41, 5.74) is 6.06. The first kappa shape index (κ1) is 15.7. The molecule has 0 saturated heterocycles. The molecular formula is C15H17N7O2. The zero-order valence-corrected chi connectivity index (χ0v) is 13.3. The molecule has 3 heterocycles. The standard InChI is InChI=1S/C15H17N7O2/c1-9(2)22-12(19-8-20-22)7-18-15(23)10-6-17-14(21-13(10)16)11-4-3-5-24-11/h3-6,8-9H,7H2,1-2H3,(H,18,23)(H2,16,17,21). The van der Waals surface area contributed by atoms with Crippen LogP contribution < -0.4 is 11.1 Å². The number of aromatic nitrogens is 5. The molecule has 3 N–H and O–H groups in total. The minimum atomic E-state index is -0.378. The number of furan rings is 1. The van der Waals surface area contributed by atoms with Gasteiger partial charge in [-0.15, -0.1) is 0 Å². The molecule has 0 spiro atoms. The summed E-state index contributed by atoms with van der Waals surface area (Å²) in [6.07, 6.45) is 4.35. The normalized spacial score (nSPS) is 11.0. The zero-order valence-electron chi connectivity index (χ0n) is 13.3. The third-order valence-corrected chi connectivity index (χ3v) is 3.35. The van der Waals surface area contributed by atoms with E-state index < -0.39 is 0 Å². The second kappa shape index (κ2) is 6.49. The van der Waals surface area contributed by atoms with Gasteiger partial charge >= 0.3 is 0 Å². The average molecular weight is 327 g/mol. The van der Waals surface area contributed by atoms with E-state index in [9.17, 15) is 4.79 Å². The number of rotatable bonds is 5. The van der Waals surface area contributed by atoms with Gasteiger partial charge in [0.1, 0.15) is 18.0 Å². The van der Waals surface area contributed by atoms with Gasteiger partial charge in [0.2, 0.25) is 0 Å². The van der Waals surface area contributed by atoms with Gasteiger partial charge in [0.05, 0.1) is 18.4 Å². The molecule has 0 aliphatic heterocycles. The average Bonchev–Trinajstić information content (AvgIpc) is 3.23. The van der Waals surface area contributed by atoms with Crippen LogP contribution in [0.25, 0.3) is 11.6 Å². The topological polar surface area (TPSA) is 125 Å². The number of hydrogen-bond acceptors (Lipinski definition) is 7. The zero-order chi connectivity index (χ0) is 17.1. The van der Waals surface area contributed by atoms with Crippen molar-refractivity contribution in [3.63, 3.8) is 0 Å². The number of carbonyl (C=O) groups excluding carboxylic acids is 1. The van der Waals surface area contributed by atoms with E-state index in [0.29, 0.717) is 17.4 Å². The highest BCUT2D eigenvalue weighted by molar-refractivity contribution is 5.98. The maximum atomic E-state index is 12.3. The number of hydrogen-bond donors (Lipinski definition) is 2. The number of amides is 1. The molecule has 124 valence electrons. The summed E-state index contributed by atoms with van der Waals surface area (Å²) in [5.74, 6) is 1.17. The number of anilines is 1. The Balaban J connectivity index is 1.72. The molecule has 1 amide bonds. The molecule has 0 saturated carbocycles. The van der Waals surface area contributed by atoms with Crippen LogP contribution in [0.1, 0.15) is 36.1 Å². The Morgan fingerprint density at radius 2 is 2.25 bits per heavy atom. The molecule has 3 aromatic heterocycles. The maximum absolute atomic E-state index is 12.3. The van der Waals surface area contributed by atoms with E-state index in [1.807, 2.05) is 13.8 Å². The predicted octanol–water partition coefficient (Wildman–Crippen LogP) is 1.42. The third kappa shape index (κ3) is 3.09. The molecule has 0 aliphatic rings. The van der Waals surface area contributed by atoms with Crippen molar-refractivity contribution in [1.82, 2.24) is 30.0 Å². The van der Waals surface area contributed by atoms with E-state index in [0.717, 1.165) is 0 Å². The lowest BCUT2D eigenvalue weighted by Gasteiger charge is -2.10. The Morgan fingerprint density at radius 1 is 1.42 bits per heavy atom. The molecule has 0 aromatic carbocycles. The largest absolute Gasteiger partial charge is 0.461 e. The summed E-state index contributed by atoms with van der Waals surface area (Å²) >= 11 is 0. The minimum Gasteiger partial charge on any atom is -0.461 e. The highest BCUT2D eigenvalue weighted by atomic mass is 16.3. The first-order chi connectivity index (χ1) is 11.6. The fourth-order valence-corrected chi connectivity index (χ4v) is 2.18. The molecule has 0 aliphatic carbocycles. The van der Waals surface area contributed by atoms with Crippen molar-refractivity contribution in [1.29, 1.82) is 0 Å². The second-order valence-corrected chi connectivity index (χ2v) is 5.37. The molecule has 0 unspecified atom stereocenters. The van der Waals surface area contributed by atoms with Gasteiger partial charge in [0.25, 0.3) is 5.91 Å². The molecule has 0 bridgehead atoms. The Hall–Kier alpha value is -3.23. The number of nitrogens with one attached hydrogen (secondary N) is 1. The van der Waals surface area contributed by atoms with Crippen LogP contribution in [0.5, 0.6) is 0 Å². The number of nitrogens with two attached hydrogens (primary N) is 1. The van der Waals surface area contributed by atoms with Crippen LogP contribution in [-0.4, -0.2) is 30.6 Å². The van der Waals surface area contributed by atoms with Crippen molar-refractivity contribution in [2.75, 3.05) is 5.73 Å². The van der Waals surface area contributed by atoms with Gasteiger partial charge in [-0.05, 0) is 26.0 Å². The van der Waals surface area contributed by atoms with Gasteiger partial charge < -0.3 is 15.5 Å². The second-order valence-electron chi connectivity index (χ2n) is 5.37. The molecule has 9 heteroatoms. The summed E-state index contributed by atoms with van der Waals surface area (Å²) in [6, 6.07) is 3.59. The molecular weight excluding hydrogens is 310 g/mol. The molecule has 0 atom stereocenters. The van der Waals surface area contributed by atoms with Crippen LogP contribution in [0.3, 0.4) is 0 Å². The molecule has 0 radical (unpaired) electrons. The Morgan fingerprint density at radius 3 is 2.92 bits per heavy atom. The van der Waals surface area contributed by atoms with E-state index in [-0.39, 0.29) is 29.9 Å². The molecule has 9 nitrogen and oxygen atoms in total. The van der Waals surface area contributed by atoms with Gasteiger partial charge in [-0.25, -0.2) is 19.6 Å². The van der Waals surface area contributed by atoms with Crippen molar-refractivity contribution < 1.29 is 9.21 Å². The Kier molecular flexibility index (Phi) is 4.23. The highest BCUT2D eigenvalue weighted by Gasteiger charge is 2.15. The maximum Gasteiger partial charge on any atom is 0.256 e. The lowest BCUT2D eigenvalue weighted by Crippen LogP contribution is -2.26. The lowest BCUT2D eigenvalue weighted by atomic mass is 10.2. The summed E-state index contributed by atoms with van der Waals surface area (Å²) in [7, 11) is 0. The number of carbonyl (C=O) groups is 1. The van der Waals surface area contributed by atoms with Crippen LogP contribution in [0.2, 0.25) is 0 Å². The SMILES string of the molecule is CC(C)n1ncnc1CNC(=O)c1cnc(-c2ccco2)nc1N. The van der Waals surface area contributed by atoms with Crippen LogP contribution >= 0.6 is 0 Å². The summed E-state index contributed by atoms with van der Waals surface area (Å²) in [5, 5.41) is 6.86. The van der Waals surface area contributed by atoms with Crippen molar-refractivity contribution in [3.05, 3.63) is 42.3 Å². The predicted molar refractivity (Wildman–Crippen MR) is 85.7 cm³/mol.